The van der Waals surface area contributed by atoms with Gasteiger partial charge in [0.1, 0.15) is 0 Å². The Morgan fingerprint density at radius 3 is 1.86 bits per heavy atom. The van der Waals surface area contributed by atoms with E-state index in [1.165, 1.54) is 70.6 Å². The van der Waals surface area contributed by atoms with Crippen LogP contribution in [0.2, 0.25) is 5.02 Å². The summed E-state index contributed by atoms with van der Waals surface area (Å²) in [7, 11) is 0.0783. The minimum absolute atomic E-state index is 0.0667. The molecule has 2 saturated heterocycles. The second-order valence-electron chi connectivity index (χ2n) is 17.2. The number of urea groups is 2. The zero-order valence-electron chi connectivity index (χ0n) is 34.9. The van der Waals surface area contributed by atoms with Crippen LogP contribution in [0.3, 0.4) is 0 Å². The fourth-order valence-electron chi connectivity index (χ4n) is 9.62. The summed E-state index contributed by atoms with van der Waals surface area (Å²) in [4.78, 5) is 29.5. The summed E-state index contributed by atoms with van der Waals surface area (Å²) >= 11 is 6.26. The molecule has 2 aliphatic carbocycles. The number of hydrogen-bond acceptors (Lipinski definition) is 7. The number of carbonyl (C=O) groups excluding carboxylic acids is 2. The Morgan fingerprint density at radius 2 is 1.33 bits per heavy atom. The largest absolute Gasteiger partial charge is 0.385 e. The van der Waals surface area contributed by atoms with Crippen LogP contribution >= 0.6 is 11.6 Å². The molecular formula is C42H75ClN8O5S. The van der Waals surface area contributed by atoms with Gasteiger partial charge in [-0.05, 0) is 101 Å². The van der Waals surface area contributed by atoms with Crippen molar-refractivity contribution in [2.45, 2.75) is 140 Å². The Labute approximate surface area is 348 Å². The molecule has 13 nitrogen and oxygen atoms in total. The number of likely N-dealkylation sites (tertiary alicyclic amines) is 2. The number of halogens is 1. The SMILES string of the molecule is CNC[C@H](CC1CCCCC1)NC(=O)N1CCCCC1.CNC[C@H](CC1CCCCC1)NC(=O)N1CCC[C@@H]([C@@](O)(CCCNS(N)(=O)=O)c2cccc(Cl)c2)C1. The van der Waals surface area contributed by atoms with Crippen LogP contribution in [0, 0.1) is 17.8 Å². The molecule has 0 bridgehead atoms. The first-order chi connectivity index (χ1) is 27.4. The number of piperidine rings is 2. The molecule has 15 heteroatoms. The molecule has 1 aromatic carbocycles. The lowest BCUT2D eigenvalue weighted by Gasteiger charge is -2.43. The number of rotatable bonds is 17. The average molecular weight is 840 g/mol. The predicted molar refractivity (Wildman–Crippen MR) is 230 cm³/mol. The highest BCUT2D eigenvalue weighted by atomic mass is 35.5. The third-order valence-corrected chi connectivity index (χ3v) is 13.5. The van der Waals surface area contributed by atoms with Crippen LogP contribution in [-0.4, -0.2) is 107 Å². The molecule has 8 N–H and O–H groups in total. The van der Waals surface area contributed by atoms with E-state index in [1.807, 2.05) is 30.0 Å². The quantitative estimate of drug-likeness (QED) is 0.0966. The van der Waals surface area contributed by atoms with Crippen LogP contribution in [0.15, 0.2) is 24.3 Å². The fourth-order valence-corrected chi connectivity index (χ4v) is 10.2. The van der Waals surface area contributed by atoms with Crippen molar-refractivity contribution in [2.24, 2.45) is 22.9 Å². The van der Waals surface area contributed by atoms with Gasteiger partial charge in [-0.3, -0.25) is 0 Å². The maximum atomic E-state index is 13.4. The molecule has 0 unspecified atom stereocenters. The topological polar surface area (TPSA) is 181 Å². The first kappa shape index (κ1) is 47.5. The van der Waals surface area contributed by atoms with Gasteiger partial charge >= 0.3 is 12.1 Å². The average Bonchev–Trinajstić information content (AvgIpc) is 3.20. The third kappa shape index (κ3) is 16.8. The molecule has 0 spiro atoms. The molecule has 0 radical (unpaired) electrons. The molecule has 2 saturated carbocycles. The monoisotopic (exact) mass is 839 g/mol. The van der Waals surface area contributed by atoms with Gasteiger partial charge in [-0.15, -0.1) is 0 Å². The van der Waals surface area contributed by atoms with Crippen LogP contribution in [0.5, 0.6) is 0 Å². The summed E-state index contributed by atoms with van der Waals surface area (Å²) in [5.41, 5.74) is -0.593. The number of benzene rings is 1. The van der Waals surface area contributed by atoms with Crippen molar-refractivity contribution in [1.29, 1.82) is 0 Å². The van der Waals surface area contributed by atoms with Crippen LogP contribution in [0.25, 0.3) is 0 Å². The summed E-state index contributed by atoms with van der Waals surface area (Å²) in [6, 6.07) is 7.56. The molecule has 5 rings (SSSR count). The van der Waals surface area contributed by atoms with Crippen molar-refractivity contribution in [3.8, 4) is 0 Å². The first-order valence-electron chi connectivity index (χ1n) is 22.1. The van der Waals surface area contributed by atoms with E-state index in [9.17, 15) is 23.1 Å². The Bertz CT molecular complexity index is 1440. The van der Waals surface area contributed by atoms with Gasteiger partial charge in [0.25, 0.3) is 10.2 Å². The van der Waals surface area contributed by atoms with E-state index in [1.54, 1.807) is 18.2 Å². The number of likely N-dealkylation sites (N-methyl/N-ethyl adjacent to an activating group) is 2. The van der Waals surface area contributed by atoms with Gasteiger partial charge in [0.15, 0.2) is 0 Å². The number of nitrogens with two attached hydrogens (primary N) is 1. The highest BCUT2D eigenvalue weighted by Gasteiger charge is 2.41. The molecule has 57 heavy (non-hydrogen) atoms. The van der Waals surface area contributed by atoms with Gasteiger partial charge in [-0.25, -0.2) is 19.5 Å². The fraction of sp³-hybridized carbons (Fsp3) is 0.810. The number of nitrogens with zero attached hydrogens (tertiary/aromatic N) is 2. The third-order valence-electron chi connectivity index (χ3n) is 12.6. The van der Waals surface area contributed by atoms with Gasteiger partial charge in [-0.2, -0.15) is 8.42 Å². The van der Waals surface area contributed by atoms with Crippen LogP contribution < -0.4 is 31.1 Å². The van der Waals surface area contributed by atoms with Crippen LogP contribution in [-0.2, 0) is 15.8 Å². The van der Waals surface area contributed by atoms with Crippen molar-refractivity contribution in [3.63, 3.8) is 0 Å². The summed E-state index contributed by atoms with van der Waals surface area (Å²) < 4.78 is 24.8. The van der Waals surface area contributed by atoms with E-state index >= 15 is 0 Å². The second kappa shape index (κ2) is 24.8. The molecule has 4 amide bonds. The summed E-state index contributed by atoms with van der Waals surface area (Å²) in [5, 5.41) is 30.5. The number of hydrogen-bond donors (Lipinski definition) is 7. The van der Waals surface area contributed by atoms with Crippen molar-refractivity contribution in [1.82, 2.24) is 35.8 Å². The van der Waals surface area contributed by atoms with E-state index < -0.39 is 15.8 Å². The molecule has 2 aliphatic heterocycles. The van der Waals surface area contributed by atoms with E-state index in [0.29, 0.717) is 42.4 Å². The van der Waals surface area contributed by atoms with Gasteiger partial charge in [0, 0.05) is 68.8 Å². The molecule has 2 heterocycles. The lowest BCUT2D eigenvalue weighted by Crippen LogP contribution is -2.54. The van der Waals surface area contributed by atoms with E-state index in [0.717, 1.165) is 70.6 Å². The highest BCUT2D eigenvalue weighted by molar-refractivity contribution is 7.87. The number of amides is 4. The molecule has 4 atom stereocenters. The van der Waals surface area contributed by atoms with Crippen molar-refractivity contribution < 1.29 is 23.1 Å². The summed E-state index contributed by atoms with van der Waals surface area (Å²) in [6.45, 7) is 4.64. The second-order valence-corrected chi connectivity index (χ2v) is 19.0. The van der Waals surface area contributed by atoms with E-state index in [-0.39, 0.29) is 36.6 Å². The summed E-state index contributed by atoms with van der Waals surface area (Å²) in [5.74, 6) is 1.24. The zero-order valence-corrected chi connectivity index (χ0v) is 36.5. The van der Waals surface area contributed by atoms with Crippen molar-refractivity contribution in [3.05, 3.63) is 34.9 Å². The van der Waals surface area contributed by atoms with Gasteiger partial charge in [0.05, 0.1) is 5.60 Å². The molecule has 4 fully saturated rings. The molecule has 0 aromatic heterocycles. The minimum Gasteiger partial charge on any atom is -0.385 e. The Balaban J connectivity index is 0.000000302. The normalized spacial score (nSPS) is 22.1. The van der Waals surface area contributed by atoms with Gasteiger partial charge in [0.2, 0.25) is 0 Å². The number of aliphatic hydroxyl groups is 1. The maximum absolute atomic E-state index is 13.4. The standard InChI is InChI=1S/C26H44ClN5O4S.C16H31N3O/c1-29-18-24(16-20-8-3-2-4-9-20)31-25(33)32-15-6-11-22(19-32)26(34,13-7-14-30-37(28,35)36)21-10-5-12-23(27)17-21;1-17-13-15(12-14-8-4-2-5-9-14)18-16(20)19-10-6-3-7-11-19/h5,10,12,17,20,22,24,29-30,34H,2-4,6-9,11,13-16,18-19H2,1H3,(H,31,33)(H2,28,35,36);14-15,17H,2-13H2,1H3,(H,18,20)/t22-,24+,26-;15-/m10/s1. The Kier molecular flexibility index (Phi) is 20.6. The predicted octanol–water partition coefficient (Wildman–Crippen LogP) is 5.82. The minimum atomic E-state index is -3.80. The van der Waals surface area contributed by atoms with Crippen LogP contribution in [0.4, 0.5) is 9.59 Å². The molecule has 4 aliphatic rings. The van der Waals surface area contributed by atoms with Gasteiger partial charge in [-0.1, -0.05) is 87.9 Å². The van der Waals surface area contributed by atoms with Crippen molar-refractivity contribution >= 4 is 33.9 Å². The first-order valence-corrected chi connectivity index (χ1v) is 24.0. The smallest absolute Gasteiger partial charge is 0.317 e. The lowest BCUT2D eigenvalue weighted by molar-refractivity contribution is -0.0551. The molecule has 1 aromatic rings. The lowest BCUT2D eigenvalue weighted by atomic mass is 9.74. The van der Waals surface area contributed by atoms with E-state index in [2.05, 4.69) is 26.0 Å². The van der Waals surface area contributed by atoms with E-state index in [4.69, 9.17) is 16.7 Å². The molecular weight excluding hydrogens is 764 g/mol. The Morgan fingerprint density at radius 1 is 0.807 bits per heavy atom. The van der Waals surface area contributed by atoms with Crippen molar-refractivity contribution in [2.75, 3.05) is 59.9 Å². The molecule has 326 valence electrons. The maximum Gasteiger partial charge on any atom is 0.317 e. The Hall–Kier alpha value is -2.20. The number of nitrogens with one attached hydrogen (secondary N) is 5. The number of carbonyl (C=O) groups is 2. The van der Waals surface area contributed by atoms with Gasteiger partial charge < -0.3 is 36.2 Å². The highest BCUT2D eigenvalue weighted by Crippen LogP contribution is 2.40. The zero-order chi connectivity index (χ0) is 41.1. The summed E-state index contributed by atoms with van der Waals surface area (Å²) in [6.07, 6.45) is 21.1. The van der Waals surface area contributed by atoms with Crippen LogP contribution in [0.1, 0.15) is 128 Å².